The van der Waals surface area contributed by atoms with Crippen molar-refractivity contribution < 1.29 is 164 Å². The van der Waals surface area contributed by atoms with Gasteiger partial charge >= 0.3 is 5.97 Å². The van der Waals surface area contributed by atoms with Crippen LogP contribution in [0.5, 0.6) is 0 Å². The summed E-state index contributed by atoms with van der Waals surface area (Å²) >= 11 is 0. The Labute approximate surface area is 553 Å². The summed E-state index contributed by atoms with van der Waals surface area (Å²) < 4.78 is 70.1. The Kier molecular flexibility index (Phi) is 21.8. The van der Waals surface area contributed by atoms with E-state index in [0.717, 1.165) is 5.57 Å². The van der Waals surface area contributed by atoms with Gasteiger partial charge < -0.3 is 159 Å². The molecule has 10 fully saturated rings. The van der Waals surface area contributed by atoms with Crippen molar-refractivity contribution in [3.63, 3.8) is 0 Å². The molecule has 6 heterocycles. The van der Waals surface area contributed by atoms with Gasteiger partial charge in [-0.3, -0.25) is 4.79 Å². The number of esters is 1. The van der Waals surface area contributed by atoms with E-state index in [1.54, 1.807) is 0 Å². The molecule has 6 saturated heterocycles. The second-order valence-corrected chi connectivity index (χ2v) is 30.7. The van der Waals surface area contributed by atoms with Crippen LogP contribution in [0.4, 0.5) is 0 Å². The topological polar surface area (TPSA) is 532 Å². The van der Waals surface area contributed by atoms with E-state index in [0.29, 0.717) is 32.1 Å². The van der Waals surface area contributed by atoms with Crippen molar-refractivity contribution >= 4 is 5.97 Å². The van der Waals surface area contributed by atoms with Crippen molar-refractivity contribution in [1.29, 1.82) is 0 Å². The molecule has 11 rings (SSSR count). The van der Waals surface area contributed by atoms with Crippen LogP contribution < -0.4 is 0 Å². The van der Waals surface area contributed by atoms with Crippen molar-refractivity contribution in [2.24, 2.45) is 50.2 Å². The molecular weight excluding hydrogens is 1280 g/mol. The van der Waals surface area contributed by atoms with Gasteiger partial charge in [-0.25, -0.2) is 0 Å². The average Bonchev–Trinajstić information content (AvgIpc) is 1.24. The molecule has 6 aliphatic heterocycles. The lowest BCUT2D eigenvalue weighted by molar-refractivity contribution is -0.372. The largest absolute Gasteiger partial charge is 0.432 e. The summed E-state index contributed by atoms with van der Waals surface area (Å²) in [5.74, 6) is -2.50. The fourth-order valence-electron chi connectivity index (χ4n) is 18.8. The molecule has 552 valence electrons. The second kappa shape index (κ2) is 27.9. The summed E-state index contributed by atoms with van der Waals surface area (Å²) in [7, 11) is 0. The molecule has 0 aromatic heterocycles. The molecule has 0 radical (unpaired) electrons. The summed E-state index contributed by atoms with van der Waals surface area (Å²) in [6.07, 6.45) is -43.1. The second-order valence-electron chi connectivity index (χ2n) is 30.7. The highest BCUT2D eigenvalue weighted by molar-refractivity contribution is 5.80. The number of rotatable bonds is 17. The first-order valence-electron chi connectivity index (χ1n) is 33.4. The van der Waals surface area contributed by atoms with E-state index in [-0.39, 0.29) is 30.6 Å². The Morgan fingerprint density at radius 1 is 0.552 bits per heavy atom. The van der Waals surface area contributed by atoms with Crippen molar-refractivity contribution in [3.05, 3.63) is 11.6 Å². The summed E-state index contributed by atoms with van der Waals surface area (Å²) in [6.45, 7) is 6.34. The maximum Gasteiger partial charge on any atom is 0.317 e. The third kappa shape index (κ3) is 12.4. The zero-order valence-electron chi connectivity index (χ0n) is 54.5. The number of aliphatic hydroxyl groups is 20. The molecule has 36 atom stereocenters. The van der Waals surface area contributed by atoms with Gasteiger partial charge in [0.15, 0.2) is 37.6 Å². The number of ether oxygens (including phenoxy) is 12. The molecule has 11 aliphatic rings. The number of carbonyl (C=O) groups excluding carboxylic acids is 1. The highest BCUT2D eigenvalue weighted by atomic mass is 16.8. The van der Waals surface area contributed by atoms with Crippen molar-refractivity contribution in [2.75, 3.05) is 52.9 Å². The Morgan fingerprint density at radius 2 is 1.16 bits per heavy atom. The maximum atomic E-state index is 15.5. The van der Waals surface area contributed by atoms with Gasteiger partial charge in [0.05, 0.1) is 77.3 Å². The van der Waals surface area contributed by atoms with Gasteiger partial charge in [0, 0.05) is 5.41 Å². The third-order valence-electron chi connectivity index (χ3n) is 24.7. The van der Waals surface area contributed by atoms with Crippen molar-refractivity contribution in [3.8, 4) is 0 Å². The van der Waals surface area contributed by atoms with Crippen LogP contribution in [0.3, 0.4) is 0 Å². The van der Waals surface area contributed by atoms with Crippen LogP contribution in [0, 0.1) is 50.2 Å². The van der Waals surface area contributed by atoms with E-state index >= 15 is 4.79 Å². The number of hydrogen-bond acceptors (Lipinski definition) is 33. The molecule has 33 heteroatoms. The zero-order valence-corrected chi connectivity index (χ0v) is 54.5. The van der Waals surface area contributed by atoms with E-state index in [9.17, 15) is 102 Å². The van der Waals surface area contributed by atoms with E-state index in [4.69, 9.17) is 56.8 Å². The molecule has 0 aromatic rings. The summed E-state index contributed by atoms with van der Waals surface area (Å²) in [6, 6.07) is 0. The number of fused-ring (bicyclic) bond motifs is 7. The lowest BCUT2D eigenvalue weighted by Gasteiger charge is -2.72. The molecule has 4 saturated carbocycles. The first-order chi connectivity index (χ1) is 45.1. The van der Waals surface area contributed by atoms with Crippen LogP contribution in [-0.4, -0.2) is 339 Å². The molecule has 20 N–H and O–H groups in total. The SMILES string of the molecule is C[C@@H]1O[C@@H](O[C@H]2[C@H](OC(=O)[C@]34CCC(C)(C)C[C@H]3C3=CCC5[C@@]6(C)C[C@H](O)[C@H](O[C@@H]7O[C@H](CO[C@@H]8O[C@H](CO)[C@@H](O)[C@H](O)[C@H]8O)[C@@H](O)[C@H](O)[C@H]7O)C(CO)(CO)C6CC[C@@]5(C)[C@]3(C)C[C@H]4O)OC[C@H](O)[C@@H]2O)[C@H](O)[C@H](O)[C@H]1O[C@@H]1OC[C@@H](O)[C@H](O[C@@H]2OC[C@](O)(CO)[C@H]2O)[C@H]1O. The fraction of sp³-hybridized carbons (Fsp3) is 0.952. The highest BCUT2D eigenvalue weighted by Gasteiger charge is 2.74. The van der Waals surface area contributed by atoms with Gasteiger partial charge in [-0.1, -0.05) is 46.3 Å². The molecule has 2 unspecified atom stereocenters. The number of carbonyl (C=O) groups is 1. The lowest BCUT2D eigenvalue weighted by atomic mass is 9.33. The molecule has 0 aromatic carbocycles. The van der Waals surface area contributed by atoms with Gasteiger partial charge in [0.25, 0.3) is 0 Å². The standard InChI is InChI=1S/C63H102O33/c1-24-45(92-51-44(81)46(29(70)18-85-51)93-55-48(82)62(84,22-67)23-88-55)40(77)43(80)52(89-24)94-47-35(72)28(69)17-86-54(47)96-56(83)63-12-11-57(2,3)13-26(63)25-7-8-32-58(4)14-27(68)49(61(20-65,21-66)33(58)9-10-59(32,5)60(25,6)15-34(63)71)95-53-42(79)39(76)37(74)31(91-53)19-87-50-41(78)38(75)36(73)30(16-64)90-50/h7,24,26-55,64-82,84H,8-23H2,1-6H3/t24-,26-,27-,28-,29+,30+,31+,32?,33?,34+,35-,36+,37+,38-,39-,40-,41+,42+,43+,44+,45-,46-,47+,48-,49-,50+,51-,52-,53-,54-,55-,58+,59+,60+,62+,63+/m0/s1. The van der Waals surface area contributed by atoms with Crippen LogP contribution in [-0.2, 0) is 61.6 Å². The minimum Gasteiger partial charge on any atom is -0.432 e. The van der Waals surface area contributed by atoms with Crippen LogP contribution in [0.15, 0.2) is 11.6 Å². The quantitative estimate of drug-likeness (QED) is 0.0365. The van der Waals surface area contributed by atoms with Gasteiger partial charge in [-0.15, -0.1) is 0 Å². The van der Waals surface area contributed by atoms with E-state index in [1.807, 2.05) is 6.92 Å². The molecule has 96 heavy (non-hydrogen) atoms. The average molecular weight is 1390 g/mol. The summed E-state index contributed by atoms with van der Waals surface area (Å²) in [5.41, 5.74) is -7.34. The normalized spacial score (nSPS) is 54.0. The Balaban J connectivity index is 0.793. The van der Waals surface area contributed by atoms with E-state index in [1.165, 1.54) is 6.92 Å². The monoisotopic (exact) mass is 1390 g/mol. The first-order valence-corrected chi connectivity index (χ1v) is 33.4. The maximum absolute atomic E-state index is 15.5. The number of aliphatic hydroxyl groups excluding tert-OH is 19. The molecule has 0 amide bonds. The van der Waals surface area contributed by atoms with Crippen LogP contribution >= 0.6 is 0 Å². The number of hydrogen-bond donors (Lipinski definition) is 20. The van der Waals surface area contributed by atoms with Crippen molar-refractivity contribution in [2.45, 2.75) is 271 Å². The van der Waals surface area contributed by atoms with E-state index in [2.05, 4.69) is 33.8 Å². The zero-order chi connectivity index (χ0) is 70.1. The smallest absolute Gasteiger partial charge is 0.317 e. The van der Waals surface area contributed by atoms with Crippen molar-refractivity contribution in [1.82, 2.24) is 0 Å². The predicted octanol–water partition coefficient (Wildman–Crippen LogP) is -7.55. The predicted molar refractivity (Wildman–Crippen MR) is 314 cm³/mol. The third-order valence-corrected chi connectivity index (χ3v) is 24.7. The lowest BCUT2D eigenvalue weighted by Crippen LogP contribution is -2.71. The van der Waals surface area contributed by atoms with Crippen LogP contribution in [0.2, 0.25) is 0 Å². The Morgan fingerprint density at radius 3 is 1.81 bits per heavy atom. The summed E-state index contributed by atoms with van der Waals surface area (Å²) in [4.78, 5) is 15.5. The number of allylic oxidation sites excluding steroid dienone is 2. The van der Waals surface area contributed by atoms with Gasteiger partial charge in [0.2, 0.25) is 6.29 Å². The molecule has 5 aliphatic carbocycles. The Bertz CT molecular complexity index is 2710. The first kappa shape index (κ1) is 75.1. The van der Waals surface area contributed by atoms with Gasteiger partial charge in [-0.05, 0) is 97.7 Å². The van der Waals surface area contributed by atoms with Crippen LogP contribution in [0.25, 0.3) is 0 Å². The minimum atomic E-state index is -2.09. The fourth-order valence-corrected chi connectivity index (χ4v) is 18.8. The minimum absolute atomic E-state index is 0.0176. The van der Waals surface area contributed by atoms with E-state index < -0.39 is 275 Å². The molecule has 0 spiro atoms. The van der Waals surface area contributed by atoms with Gasteiger partial charge in [-0.2, -0.15) is 0 Å². The summed E-state index contributed by atoms with van der Waals surface area (Å²) in [5, 5.41) is 221. The molecule has 33 nitrogen and oxygen atoms in total. The molecule has 0 bridgehead atoms. The van der Waals surface area contributed by atoms with Gasteiger partial charge in [0.1, 0.15) is 115 Å². The Hall–Kier alpha value is -2.03. The molecular formula is C63H102O33. The van der Waals surface area contributed by atoms with Crippen LogP contribution in [0.1, 0.15) is 92.9 Å². The highest BCUT2D eigenvalue weighted by Crippen LogP contribution is 2.76.